The Hall–Kier alpha value is -1.50. The standard InChI is InChI=1S/C17H21B/c1-14-9-7-8-12-17(14)13-18(3)15(2)16-10-5-4-6-11-16/h4-12,15H,13H2,1-3H3. The molecule has 0 saturated heterocycles. The lowest BCUT2D eigenvalue weighted by Gasteiger charge is -2.18. The van der Waals surface area contributed by atoms with Crippen molar-refractivity contribution in [2.75, 3.05) is 0 Å². The van der Waals surface area contributed by atoms with Crippen LogP contribution in [0.4, 0.5) is 0 Å². The summed E-state index contributed by atoms with van der Waals surface area (Å²) in [5, 5.41) is 0. The largest absolute Gasteiger partial charge is 0.149 e. The molecule has 0 aliphatic rings. The maximum Gasteiger partial charge on any atom is 0.149 e. The van der Waals surface area contributed by atoms with Gasteiger partial charge in [-0.05, 0) is 24.6 Å². The van der Waals surface area contributed by atoms with Gasteiger partial charge < -0.3 is 0 Å². The van der Waals surface area contributed by atoms with Crippen molar-refractivity contribution >= 4 is 6.71 Å². The van der Waals surface area contributed by atoms with Crippen molar-refractivity contribution in [2.24, 2.45) is 0 Å². The summed E-state index contributed by atoms with van der Waals surface area (Å²) in [6, 6.07) is 19.5. The molecule has 2 rings (SSSR count). The molecule has 0 amide bonds. The van der Waals surface area contributed by atoms with Crippen LogP contribution in [0, 0.1) is 6.92 Å². The highest BCUT2D eigenvalue weighted by molar-refractivity contribution is 6.58. The Kier molecular flexibility index (Phi) is 4.25. The van der Waals surface area contributed by atoms with Gasteiger partial charge in [0.2, 0.25) is 0 Å². The first-order chi connectivity index (χ1) is 8.68. The summed E-state index contributed by atoms with van der Waals surface area (Å²) in [5.74, 6) is 0.603. The molecule has 2 aromatic carbocycles. The molecule has 0 aromatic heterocycles. The van der Waals surface area contributed by atoms with Gasteiger partial charge in [-0.3, -0.25) is 0 Å². The van der Waals surface area contributed by atoms with Crippen LogP contribution in [0.15, 0.2) is 54.6 Å². The van der Waals surface area contributed by atoms with Crippen LogP contribution in [0.5, 0.6) is 0 Å². The first kappa shape index (κ1) is 12.9. The molecule has 0 aliphatic carbocycles. The molecule has 0 heterocycles. The van der Waals surface area contributed by atoms with Crippen molar-refractivity contribution in [1.82, 2.24) is 0 Å². The van der Waals surface area contributed by atoms with Gasteiger partial charge in [0.15, 0.2) is 0 Å². The third-order valence-corrected chi connectivity index (χ3v) is 3.98. The lowest BCUT2D eigenvalue weighted by Crippen LogP contribution is -2.21. The van der Waals surface area contributed by atoms with E-state index >= 15 is 0 Å². The molecule has 1 atom stereocenters. The Labute approximate surface area is 111 Å². The normalized spacial score (nSPS) is 12.2. The smallest absolute Gasteiger partial charge is 0.0853 e. The SMILES string of the molecule is CB(Cc1ccccc1C)C(C)c1ccccc1. The fourth-order valence-electron chi connectivity index (χ4n) is 2.45. The molecule has 0 N–H and O–H groups in total. The molecular formula is C17H21B. The van der Waals surface area contributed by atoms with Crippen molar-refractivity contribution in [3.63, 3.8) is 0 Å². The number of hydrogen-bond acceptors (Lipinski definition) is 0. The van der Waals surface area contributed by atoms with Gasteiger partial charge in [-0.2, -0.15) is 0 Å². The summed E-state index contributed by atoms with van der Waals surface area (Å²) in [4.78, 5) is 0. The predicted molar refractivity (Wildman–Crippen MR) is 81.4 cm³/mol. The summed E-state index contributed by atoms with van der Waals surface area (Å²) in [6.45, 7) is 7.55. The lowest BCUT2D eigenvalue weighted by molar-refractivity contribution is 1.02. The molecule has 0 radical (unpaired) electrons. The van der Waals surface area contributed by atoms with Crippen LogP contribution >= 0.6 is 0 Å². The Balaban J connectivity index is 2.09. The summed E-state index contributed by atoms with van der Waals surface area (Å²) < 4.78 is 0. The average molecular weight is 236 g/mol. The molecule has 1 heteroatoms. The highest BCUT2D eigenvalue weighted by Gasteiger charge is 2.18. The van der Waals surface area contributed by atoms with Crippen LogP contribution in [0.25, 0.3) is 0 Å². The minimum Gasteiger partial charge on any atom is -0.0853 e. The molecule has 1 unspecified atom stereocenters. The Bertz CT molecular complexity index is 490. The zero-order chi connectivity index (χ0) is 13.0. The quantitative estimate of drug-likeness (QED) is 0.683. The highest BCUT2D eigenvalue weighted by atomic mass is 14.0. The van der Waals surface area contributed by atoms with Crippen LogP contribution in [0.1, 0.15) is 29.4 Å². The van der Waals surface area contributed by atoms with E-state index in [0.717, 1.165) is 6.32 Å². The third kappa shape index (κ3) is 3.04. The van der Waals surface area contributed by atoms with Crippen molar-refractivity contribution in [3.05, 3.63) is 71.3 Å². The van der Waals surface area contributed by atoms with Crippen molar-refractivity contribution in [2.45, 2.75) is 32.8 Å². The fourth-order valence-corrected chi connectivity index (χ4v) is 2.45. The maximum absolute atomic E-state index is 2.35. The summed E-state index contributed by atoms with van der Waals surface area (Å²) >= 11 is 0. The molecule has 0 nitrogen and oxygen atoms in total. The summed E-state index contributed by atoms with van der Waals surface area (Å²) in [7, 11) is 0. The molecule has 2 aromatic rings. The zero-order valence-corrected chi connectivity index (χ0v) is 11.6. The molecule has 0 spiro atoms. The van der Waals surface area contributed by atoms with Crippen molar-refractivity contribution in [1.29, 1.82) is 0 Å². The van der Waals surface area contributed by atoms with Gasteiger partial charge in [-0.15, -0.1) is 0 Å². The number of rotatable bonds is 4. The fraction of sp³-hybridized carbons (Fsp3) is 0.294. The van der Waals surface area contributed by atoms with Crippen molar-refractivity contribution in [3.8, 4) is 0 Å². The Morgan fingerprint density at radius 2 is 1.56 bits per heavy atom. The van der Waals surface area contributed by atoms with E-state index < -0.39 is 0 Å². The van der Waals surface area contributed by atoms with Gasteiger partial charge in [0.05, 0.1) is 0 Å². The molecule has 0 aliphatic heterocycles. The summed E-state index contributed by atoms with van der Waals surface area (Å²) in [5.41, 5.74) is 4.33. The first-order valence-corrected chi connectivity index (χ1v) is 6.78. The van der Waals surface area contributed by atoms with E-state index in [9.17, 15) is 0 Å². The van der Waals surface area contributed by atoms with Crippen LogP contribution in [0.3, 0.4) is 0 Å². The monoisotopic (exact) mass is 236 g/mol. The first-order valence-electron chi connectivity index (χ1n) is 6.78. The second-order valence-corrected chi connectivity index (χ2v) is 5.31. The molecular weight excluding hydrogens is 215 g/mol. The predicted octanol–water partition coefficient (Wildman–Crippen LogP) is 4.54. The molecule has 18 heavy (non-hydrogen) atoms. The van der Waals surface area contributed by atoms with Crippen LogP contribution in [0.2, 0.25) is 6.82 Å². The summed E-state index contributed by atoms with van der Waals surface area (Å²) in [6.07, 6.45) is 1.16. The van der Waals surface area contributed by atoms with Crippen molar-refractivity contribution < 1.29 is 0 Å². The maximum atomic E-state index is 2.35. The Morgan fingerprint density at radius 1 is 0.944 bits per heavy atom. The van der Waals surface area contributed by atoms with Crippen LogP contribution in [-0.2, 0) is 6.32 Å². The lowest BCUT2D eigenvalue weighted by atomic mass is 9.39. The molecule has 92 valence electrons. The topological polar surface area (TPSA) is 0 Å². The van der Waals surface area contributed by atoms with E-state index in [1.54, 1.807) is 0 Å². The van der Waals surface area contributed by atoms with E-state index in [1.807, 2.05) is 0 Å². The second kappa shape index (κ2) is 5.90. The van der Waals surface area contributed by atoms with Gasteiger partial charge in [-0.25, -0.2) is 0 Å². The highest BCUT2D eigenvalue weighted by Crippen LogP contribution is 2.21. The van der Waals surface area contributed by atoms with Gasteiger partial charge >= 0.3 is 0 Å². The molecule has 0 fully saturated rings. The number of aryl methyl sites for hydroxylation is 1. The minimum atomic E-state index is 0.603. The van der Waals surface area contributed by atoms with Crippen LogP contribution < -0.4 is 0 Å². The Morgan fingerprint density at radius 3 is 2.22 bits per heavy atom. The van der Waals surface area contributed by atoms with Gasteiger partial charge in [-0.1, -0.05) is 79.5 Å². The van der Waals surface area contributed by atoms with Gasteiger partial charge in [0, 0.05) is 0 Å². The number of benzene rings is 2. The molecule has 0 saturated carbocycles. The zero-order valence-electron chi connectivity index (χ0n) is 11.6. The minimum absolute atomic E-state index is 0.603. The van der Waals surface area contributed by atoms with E-state index in [-0.39, 0.29) is 0 Å². The van der Waals surface area contributed by atoms with Gasteiger partial charge in [0.1, 0.15) is 6.71 Å². The molecule has 0 bridgehead atoms. The van der Waals surface area contributed by atoms with E-state index in [4.69, 9.17) is 0 Å². The average Bonchev–Trinajstić information content (AvgIpc) is 2.41. The van der Waals surface area contributed by atoms with E-state index in [1.165, 1.54) is 16.7 Å². The van der Waals surface area contributed by atoms with E-state index in [0.29, 0.717) is 12.5 Å². The second-order valence-electron chi connectivity index (χ2n) is 5.31. The number of hydrogen-bond donors (Lipinski definition) is 0. The third-order valence-electron chi connectivity index (χ3n) is 3.98. The van der Waals surface area contributed by atoms with Gasteiger partial charge in [0.25, 0.3) is 0 Å². The van der Waals surface area contributed by atoms with E-state index in [2.05, 4.69) is 75.3 Å². The van der Waals surface area contributed by atoms with Crippen LogP contribution in [-0.4, -0.2) is 6.71 Å².